The standard InChI is InChI=1S/C27H26N2O3/c1-17-8-11-20(12-9-17)16-29-26(30)24(23-13-10-18(2)14-19(23)3)25(27(29)31)28-21-6-5-7-22(15-21)32-4/h5-15,28H,16H2,1-4H3. The van der Waals surface area contributed by atoms with Crippen LogP contribution in [0.15, 0.2) is 72.4 Å². The lowest BCUT2D eigenvalue weighted by Crippen LogP contribution is -2.32. The summed E-state index contributed by atoms with van der Waals surface area (Å²) in [5, 5.41) is 3.20. The Morgan fingerprint density at radius 2 is 1.56 bits per heavy atom. The van der Waals surface area contributed by atoms with Gasteiger partial charge in [-0.2, -0.15) is 0 Å². The van der Waals surface area contributed by atoms with Gasteiger partial charge in [-0.05, 0) is 49.6 Å². The van der Waals surface area contributed by atoms with Crippen LogP contribution in [-0.2, 0) is 16.1 Å². The minimum absolute atomic E-state index is 0.218. The van der Waals surface area contributed by atoms with Gasteiger partial charge in [0, 0.05) is 11.8 Å². The minimum Gasteiger partial charge on any atom is -0.497 e. The fourth-order valence-corrected chi connectivity index (χ4v) is 3.90. The zero-order chi connectivity index (χ0) is 22.8. The first kappa shape index (κ1) is 21.4. The number of nitrogens with one attached hydrogen (secondary N) is 1. The van der Waals surface area contributed by atoms with Gasteiger partial charge in [-0.1, -0.05) is 59.7 Å². The quantitative estimate of drug-likeness (QED) is 0.563. The summed E-state index contributed by atoms with van der Waals surface area (Å²) < 4.78 is 5.30. The monoisotopic (exact) mass is 426 g/mol. The van der Waals surface area contributed by atoms with Gasteiger partial charge >= 0.3 is 0 Å². The van der Waals surface area contributed by atoms with Gasteiger partial charge < -0.3 is 10.1 Å². The maximum absolute atomic E-state index is 13.5. The van der Waals surface area contributed by atoms with E-state index in [2.05, 4.69) is 5.32 Å². The van der Waals surface area contributed by atoms with Crippen molar-refractivity contribution in [3.05, 3.63) is 100 Å². The highest BCUT2D eigenvalue weighted by molar-refractivity contribution is 6.36. The van der Waals surface area contributed by atoms with Gasteiger partial charge in [0.2, 0.25) is 0 Å². The summed E-state index contributed by atoms with van der Waals surface area (Å²) in [6.07, 6.45) is 0. The molecule has 0 unspecified atom stereocenters. The third-order valence-electron chi connectivity index (χ3n) is 5.62. The molecule has 0 bridgehead atoms. The number of nitrogens with zero attached hydrogens (tertiary/aromatic N) is 1. The molecule has 1 aliphatic rings. The van der Waals surface area contributed by atoms with E-state index in [1.165, 1.54) is 4.90 Å². The predicted octanol–water partition coefficient (Wildman–Crippen LogP) is 5.01. The van der Waals surface area contributed by atoms with Gasteiger partial charge in [0.25, 0.3) is 11.8 Å². The molecule has 162 valence electrons. The Kier molecular flexibility index (Phi) is 5.82. The lowest BCUT2D eigenvalue weighted by atomic mass is 9.97. The molecule has 1 aliphatic heterocycles. The molecule has 3 aromatic rings. The average molecular weight is 427 g/mol. The lowest BCUT2D eigenvalue weighted by molar-refractivity contribution is -0.137. The van der Waals surface area contributed by atoms with E-state index in [-0.39, 0.29) is 24.1 Å². The summed E-state index contributed by atoms with van der Waals surface area (Å²) >= 11 is 0. The van der Waals surface area contributed by atoms with Crippen molar-refractivity contribution in [2.45, 2.75) is 27.3 Å². The molecule has 2 amide bonds. The second-order valence-corrected chi connectivity index (χ2v) is 8.11. The van der Waals surface area contributed by atoms with Crippen LogP contribution in [0.4, 0.5) is 5.69 Å². The Morgan fingerprint density at radius 1 is 0.844 bits per heavy atom. The fraction of sp³-hybridized carbons (Fsp3) is 0.185. The largest absolute Gasteiger partial charge is 0.497 e. The Balaban J connectivity index is 1.77. The number of ether oxygens (including phenoxy) is 1. The van der Waals surface area contributed by atoms with E-state index in [4.69, 9.17) is 4.74 Å². The highest BCUT2D eigenvalue weighted by Gasteiger charge is 2.39. The zero-order valence-electron chi connectivity index (χ0n) is 18.7. The van der Waals surface area contributed by atoms with Gasteiger partial charge in [0.05, 0.1) is 19.2 Å². The molecule has 5 heteroatoms. The van der Waals surface area contributed by atoms with Crippen LogP contribution < -0.4 is 10.1 Å². The number of carbonyl (C=O) groups excluding carboxylic acids is 2. The number of carbonyl (C=O) groups is 2. The van der Waals surface area contributed by atoms with Crippen molar-refractivity contribution in [1.82, 2.24) is 4.90 Å². The van der Waals surface area contributed by atoms with Crippen LogP contribution in [0.25, 0.3) is 5.57 Å². The van der Waals surface area contributed by atoms with Crippen LogP contribution >= 0.6 is 0 Å². The molecule has 1 N–H and O–H groups in total. The van der Waals surface area contributed by atoms with Crippen LogP contribution in [0.5, 0.6) is 5.75 Å². The van der Waals surface area contributed by atoms with E-state index in [0.717, 1.165) is 27.8 Å². The van der Waals surface area contributed by atoms with E-state index in [1.807, 2.05) is 81.4 Å². The number of hydrogen-bond donors (Lipinski definition) is 1. The van der Waals surface area contributed by atoms with Crippen molar-refractivity contribution in [3.63, 3.8) is 0 Å². The maximum atomic E-state index is 13.5. The summed E-state index contributed by atoms with van der Waals surface area (Å²) in [7, 11) is 1.59. The van der Waals surface area contributed by atoms with E-state index in [9.17, 15) is 9.59 Å². The molecule has 0 saturated carbocycles. The van der Waals surface area contributed by atoms with E-state index < -0.39 is 0 Å². The number of aryl methyl sites for hydroxylation is 3. The normalized spacial score (nSPS) is 13.7. The van der Waals surface area contributed by atoms with Gasteiger partial charge in [-0.3, -0.25) is 14.5 Å². The first-order valence-corrected chi connectivity index (χ1v) is 10.5. The molecule has 1 heterocycles. The molecule has 0 radical (unpaired) electrons. The van der Waals surface area contributed by atoms with Crippen LogP contribution in [0.3, 0.4) is 0 Å². The molecule has 0 fully saturated rings. The van der Waals surface area contributed by atoms with Crippen molar-refractivity contribution >= 4 is 23.1 Å². The molecule has 32 heavy (non-hydrogen) atoms. The summed E-state index contributed by atoms with van der Waals surface area (Å²) in [5.41, 5.74) is 6.18. The van der Waals surface area contributed by atoms with Crippen molar-refractivity contribution in [3.8, 4) is 5.75 Å². The van der Waals surface area contributed by atoms with Crippen LogP contribution in [0, 0.1) is 20.8 Å². The minimum atomic E-state index is -0.339. The number of imide groups is 1. The topological polar surface area (TPSA) is 58.6 Å². The van der Waals surface area contributed by atoms with E-state index in [1.54, 1.807) is 13.2 Å². The van der Waals surface area contributed by atoms with E-state index >= 15 is 0 Å². The first-order chi connectivity index (χ1) is 15.4. The Bertz CT molecular complexity index is 1230. The first-order valence-electron chi connectivity index (χ1n) is 10.5. The number of methoxy groups -OCH3 is 1. The SMILES string of the molecule is COc1cccc(NC2=C(c3ccc(C)cc3C)C(=O)N(Cc3ccc(C)cc3)C2=O)c1. The molecule has 4 rings (SSSR count). The Hall–Kier alpha value is -3.86. The number of rotatable bonds is 6. The smallest absolute Gasteiger partial charge is 0.278 e. The second-order valence-electron chi connectivity index (χ2n) is 8.11. The maximum Gasteiger partial charge on any atom is 0.278 e. The second kappa shape index (κ2) is 8.71. The molecule has 0 saturated heterocycles. The van der Waals surface area contributed by atoms with Crippen molar-refractivity contribution in [2.75, 3.05) is 12.4 Å². The fourth-order valence-electron chi connectivity index (χ4n) is 3.90. The highest BCUT2D eigenvalue weighted by atomic mass is 16.5. The molecule has 0 atom stereocenters. The molecule has 0 aliphatic carbocycles. The van der Waals surface area contributed by atoms with Gasteiger partial charge in [0.15, 0.2) is 0 Å². The average Bonchev–Trinajstić information content (AvgIpc) is 3.00. The zero-order valence-corrected chi connectivity index (χ0v) is 18.7. The van der Waals surface area contributed by atoms with E-state index in [0.29, 0.717) is 17.0 Å². The molecule has 5 nitrogen and oxygen atoms in total. The van der Waals surface area contributed by atoms with Gasteiger partial charge in [-0.15, -0.1) is 0 Å². The lowest BCUT2D eigenvalue weighted by Gasteiger charge is -2.16. The number of hydrogen-bond acceptors (Lipinski definition) is 4. The Labute approximate surface area is 188 Å². The molecule has 0 aromatic heterocycles. The molecular formula is C27H26N2O3. The van der Waals surface area contributed by atoms with Crippen LogP contribution in [0.2, 0.25) is 0 Å². The summed E-state index contributed by atoms with van der Waals surface area (Å²) in [6, 6.07) is 21.0. The summed E-state index contributed by atoms with van der Waals surface area (Å²) in [5.74, 6) is 0.0262. The molecule has 3 aromatic carbocycles. The number of anilines is 1. The summed E-state index contributed by atoms with van der Waals surface area (Å²) in [6.45, 7) is 6.19. The van der Waals surface area contributed by atoms with Gasteiger partial charge in [0.1, 0.15) is 11.4 Å². The predicted molar refractivity (Wildman–Crippen MR) is 126 cm³/mol. The third-order valence-corrected chi connectivity index (χ3v) is 5.62. The molecule has 0 spiro atoms. The number of amides is 2. The van der Waals surface area contributed by atoms with Crippen molar-refractivity contribution in [2.24, 2.45) is 0 Å². The van der Waals surface area contributed by atoms with Gasteiger partial charge in [-0.25, -0.2) is 0 Å². The van der Waals surface area contributed by atoms with Crippen molar-refractivity contribution in [1.29, 1.82) is 0 Å². The third kappa shape index (κ3) is 4.14. The summed E-state index contributed by atoms with van der Waals surface area (Å²) in [4.78, 5) is 28.3. The highest BCUT2D eigenvalue weighted by Crippen LogP contribution is 2.34. The molecular weight excluding hydrogens is 400 g/mol. The Morgan fingerprint density at radius 3 is 2.25 bits per heavy atom. The van der Waals surface area contributed by atoms with Crippen LogP contribution in [-0.4, -0.2) is 23.8 Å². The number of benzene rings is 3. The van der Waals surface area contributed by atoms with Crippen molar-refractivity contribution < 1.29 is 14.3 Å². The van der Waals surface area contributed by atoms with Crippen LogP contribution in [0.1, 0.15) is 27.8 Å².